The Balaban J connectivity index is 0.00000757. The number of anilines is 4. The molecule has 0 radical (unpaired) electrons. The van der Waals surface area contributed by atoms with Gasteiger partial charge in [-0.2, -0.15) is 12.1 Å². The first kappa shape index (κ1) is 46.1. The van der Waals surface area contributed by atoms with Gasteiger partial charge in [-0.05, 0) is 114 Å². The Kier molecular flexibility index (Phi) is 11.9. The summed E-state index contributed by atoms with van der Waals surface area (Å²) in [7, 11) is 0. The van der Waals surface area contributed by atoms with Crippen molar-refractivity contribution >= 4 is 44.6 Å². The summed E-state index contributed by atoms with van der Waals surface area (Å²) in [5.41, 5.74) is 12.3. The van der Waals surface area contributed by atoms with Gasteiger partial charge in [0.05, 0.1) is 6.85 Å². The smallest absolute Gasteiger partial charge is 0.135 e. The average molecular weight is 1160 g/mol. The summed E-state index contributed by atoms with van der Waals surface area (Å²) < 4.78 is 54.4. The number of nitrogens with zero attached hydrogens (tertiary/aromatic N) is 4. The van der Waals surface area contributed by atoms with Crippen LogP contribution in [0, 0.1) is 18.8 Å². The van der Waals surface area contributed by atoms with Crippen molar-refractivity contribution in [3.8, 4) is 39.6 Å². The minimum absolute atomic E-state index is 0. The quantitative estimate of drug-likeness (QED) is 0.149. The molecule has 10 rings (SSSR count). The van der Waals surface area contributed by atoms with Crippen molar-refractivity contribution in [2.24, 2.45) is 0 Å². The molecule has 0 atom stereocenters. The molecule has 0 saturated carbocycles. The maximum absolute atomic E-state index is 9.46. The molecule has 5 nitrogen and oxygen atoms in total. The van der Waals surface area contributed by atoms with Crippen LogP contribution in [-0.4, -0.2) is 9.55 Å². The third kappa shape index (κ3) is 10.1. The number of pyridine rings is 1. The Labute approximate surface area is 462 Å². The normalized spacial score (nSPS) is 14.3. The van der Waals surface area contributed by atoms with Crippen LogP contribution in [0.5, 0.6) is 11.5 Å². The van der Waals surface area contributed by atoms with Crippen molar-refractivity contribution in [3.05, 3.63) is 198 Å². The first-order valence-corrected chi connectivity index (χ1v) is 25.5. The van der Waals surface area contributed by atoms with Gasteiger partial charge in [-0.25, -0.2) is 4.98 Å². The summed E-state index contributed by atoms with van der Waals surface area (Å²) >= 11 is 0. The van der Waals surface area contributed by atoms with E-state index in [0.29, 0.717) is 28.4 Å². The van der Waals surface area contributed by atoms with Gasteiger partial charge in [-0.15, -0.1) is 48.1 Å². The van der Waals surface area contributed by atoms with Crippen LogP contribution in [0.15, 0.2) is 152 Å². The number of ether oxygens (including phenoxy) is 1. The molecule has 9 aromatic rings. The van der Waals surface area contributed by atoms with Crippen LogP contribution in [0.4, 0.5) is 22.7 Å². The Morgan fingerprint density at radius 2 is 1.07 bits per heavy atom. The predicted molar refractivity (Wildman–Crippen MR) is 309 cm³/mol. The van der Waals surface area contributed by atoms with Crippen molar-refractivity contribution in [2.45, 2.75) is 131 Å². The summed E-state index contributed by atoms with van der Waals surface area (Å²) in [5.74, 6) is 1.82. The summed E-state index contributed by atoms with van der Waals surface area (Å²) in [5, 5.41) is 2.16. The van der Waals surface area contributed by atoms with E-state index < -0.39 is 6.04 Å². The fourth-order valence-corrected chi connectivity index (χ4v) is 9.70. The molecule has 7 aromatic carbocycles. The molecule has 0 N–H and O–H groups in total. The Morgan fingerprint density at radius 1 is 0.500 bits per heavy atom. The van der Waals surface area contributed by atoms with E-state index in [-0.39, 0.29) is 77.9 Å². The first-order valence-electron chi connectivity index (χ1n) is 28.0. The molecular formula is C68H71N4OPt-3. The number of fused-ring (bicyclic) bond motifs is 4. The van der Waals surface area contributed by atoms with Crippen LogP contribution >= 0.6 is 0 Å². The van der Waals surface area contributed by atoms with Crippen LogP contribution in [0.3, 0.4) is 0 Å². The molecule has 1 aliphatic rings. The van der Waals surface area contributed by atoms with Gasteiger partial charge in [0.1, 0.15) is 5.82 Å². The minimum atomic E-state index is -0.436. The fraction of sp³-hybridized carbons (Fsp3) is 0.294. The van der Waals surface area contributed by atoms with Crippen LogP contribution < -0.4 is 14.5 Å². The van der Waals surface area contributed by atoms with E-state index in [4.69, 9.17) is 13.8 Å². The minimum Gasteiger partial charge on any atom is -0.509 e. The predicted octanol–water partition coefficient (Wildman–Crippen LogP) is 18.8. The second-order valence-corrected chi connectivity index (χ2v) is 24.9. The van der Waals surface area contributed by atoms with E-state index in [0.717, 1.165) is 55.7 Å². The molecule has 2 aromatic heterocycles. The third-order valence-electron chi connectivity index (χ3n) is 14.2. The summed E-state index contributed by atoms with van der Waals surface area (Å²) in [6, 6.07) is 45.6. The SMILES string of the molecule is [2H]c1c([2H])c([2H])c(-c2cc(C(C)(C)C)cc(-c3cc(C(C)(C)C)cc(C(C)(C)C)c3)c2N2[CH-]N(c3[c-]c(Oc4[c-]c5c(cc4)c4cc(C(C)(C)C)ccc4n5-c4cc(C(C)(C)C)ccn4)ccc3)c3ccccc32)c([2H])c1[2H].[Pt]. The first-order chi connectivity index (χ1) is 36.4. The zero-order valence-corrected chi connectivity index (χ0v) is 47.9. The molecule has 1 aliphatic heterocycles. The van der Waals surface area contributed by atoms with Gasteiger partial charge in [-0.1, -0.05) is 182 Å². The Bertz CT molecular complexity index is 3800. The number of para-hydroxylation sites is 2. The Morgan fingerprint density at radius 3 is 1.69 bits per heavy atom. The number of aromatic nitrogens is 2. The van der Waals surface area contributed by atoms with Crippen molar-refractivity contribution in [1.82, 2.24) is 9.55 Å². The molecule has 0 spiro atoms. The maximum atomic E-state index is 9.46. The van der Waals surface area contributed by atoms with Crippen molar-refractivity contribution in [1.29, 1.82) is 0 Å². The summed E-state index contributed by atoms with van der Waals surface area (Å²) in [6.07, 6.45) is 1.89. The van der Waals surface area contributed by atoms with Crippen LogP contribution in [0.2, 0.25) is 0 Å². The zero-order valence-electron chi connectivity index (χ0n) is 50.6. The monoisotopic (exact) mass is 1160 g/mol. The fourth-order valence-electron chi connectivity index (χ4n) is 9.70. The molecule has 382 valence electrons. The van der Waals surface area contributed by atoms with Crippen LogP contribution in [0.25, 0.3) is 49.9 Å². The standard InChI is InChI=1S/C68H71N4O.Pt/c1-64(2,3)46-28-31-58-57(37-46)54-30-29-53(42-61(54)72(58)62-40-47(32-33-69-62)65(4,5)6)73-52-25-21-24-51(41-52)70-43-71(60-27-20-19-26-59(60)70)63-55(44-22-17-16-18-23-44)38-50(68(13,14)15)39-56(63)45-34-48(66(7,8)9)36-49(35-45)67(10,11)12;/h16-40,43H,1-15H3;/q-3;/i16D,17D,18D,22D,23D;. The maximum Gasteiger partial charge on any atom is 0.135 e. The third-order valence-corrected chi connectivity index (χ3v) is 14.2. The Hall–Kier alpha value is -6.42. The summed E-state index contributed by atoms with van der Waals surface area (Å²) in [6.45, 7) is 35.2. The van der Waals surface area contributed by atoms with E-state index in [1.165, 1.54) is 22.3 Å². The molecule has 0 amide bonds. The zero-order chi connectivity index (χ0) is 56.3. The van der Waals surface area contributed by atoms with Crippen molar-refractivity contribution in [2.75, 3.05) is 9.80 Å². The second-order valence-electron chi connectivity index (χ2n) is 24.9. The number of hydrogen-bond acceptors (Lipinski definition) is 4. The van der Waals surface area contributed by atoms with Crippen molar-refractivity contribution in [3.63, 3.8) is 0 Å². The molecule has 6 heteroatoms. The number of benzene rings is 7. The summed E-state index contributed by atoms with van der Waals surface area (Å²) in [4.78, 5) is 9.12. The molecule has 0 unspecified atom stereocenters. The van der Waals surface area contributed by atoms with E-state index in [1.807, 2.05) is 55.3 Å². The largest absolute Gasteiger partial charge is 0.509 e. The molecular weight excluding hydrogens is 1080 g/mol. The van der Waals surface area contributed by atoms with E-state index in [1.54, 1.807) is 0 Å². The molecule has 0 fully saturated rings. The molecule has 3 heterocycles. The second kappa shape index (κ2) is 19.1. The molecule has 74 heavy (non-hydrogen) atoms. The number of rotatable bonds is 7. The van der Waals surface area contributed by atoms with Gasteiger partial charge in [0.15, 0.2) is 0 Å². The number of hydrogen-bond donors (Lipinski definition) is 0. The van der Waals surface area contributed by atoms with Gasteiger partial charge in [0.2, 0.25) is 0 Å². The van der Waals surface area contributed by atoms with Gasteiger partial charge in [-0.3, -0.25) is 0 Å². The van der Waals surface area contributed by atoms with Gasteiger partial charge in [0.25, 0.3) is 0 Å². The van der Waals surface area contributed by atoms with E-state index >= 15 is 0 Å². The topological polar surface area (TPSA) is 33.5 Å². The van der Waals surface area contributed by atoms with Crippen LogP contribution in [-0.2, 0) is 48.1 Å². The van der Waals surface area contributed by atoms with Gasteiger partial charge in [0, 0.05) is 72.5 Å². The molecule has 0 bridgehead atoms. The average Bonchev–Trinajstić information content (AvgIpc) is 4.08. The van der Waals surface area contributed by atoms with Gasteiger partial charge >= 0.3 is 0 Å². The van der Waals surface area contributed by atoms with Crippen molar-refractivity contribution < 1.29 is 32.7 Å². The van der Waals surface area contributed by atoms with Gasteiger partial charge < -0.3 is 19.1 Å². The van der Waals surface area contributed by atoms with Crippen LogP contribution in [0.1, 0.15) is 139 Å². The molecule has 0 aliphatic carbocycles. The van der Waals surface area contributed by atoms with E-state index in [2.05, 4.69) is 203 Å². The van der Waals surface area contributed by atoms with E-state index in [9.17, 15) is 2.74 Å². The molecule has 0 saturated heterocycles.